The van der Waals surface area contributed by atoms with E-state index in [1.54, 1.807) is 0 Å². The molecule has 0 bridgehead atoms. The number of amides is 1. The number of carbonyl (C=O) groups excluding carboxylic acids is 1. The summed E-state index contributed by atoms with van der Waals surface area (Å²) < 4.78 is 0. The van der Waals surface area contributed by atoms with Crippen molar-refractivity contribution in [3.05, 3.63) is 35.4 Å². The molecule has 1 aromatic carbocycles. The first kappa shape index (κ1) is 13.7. The third-order valence-electron chi connectivity index (χ3n) is 5.06. The van der Waals surface area contributed by atoms with Gasteiger partial charge in [-0.1, -0.05) is 44.5 Å². The first-order chi connectivity index (χ1) is 9.62. The lowest BCUT2D eigenvalue weighted by atomic mass is 9.68. The molecule has 2 heteroatoms. The Morgan fingerprint density at radius 1 is 1.30 bits per heavy atom. The van der Waals surface area contributed by atoms with E-state index in [1.165, 1.54) is 30.4 Å². The summed E-state index contributed by atoms with van der Waals surface area (Å²) in [5, 5.41) is 3.28. The van der Waals surface area contributed by atoms with Crippen LogP contribution < -0.4 is 5.32 Å². The minimum Gasteiger partial charge on any atom is -0.352 e. The van der Waals surface area contributed by atoms with Gasteiger partial charge in [0.25, 0.3) is 0 Å². The van der Waals surface area contributed by atoms with E-state index in [4.69, 9.17) is 0 Å². The standard InChI is InChI=1S/C18H25NO/c1-13(2)11-16-18(12-17(20)19-16)10-6-5-8-14-7-3-4-9-15(14)18/h3-4,7,9,13,16H,5-6,8,10-12H2,1-2H3,(H,19,20). The fourth-order valence-electron chi connectivity index (χ4n) is 4.21. The average Bonchev–Trinajstić information content (AvgIpc) is 2.60. The van der Waals surface area contributed by atoms with Crippen molar-refractivity contribution < 1.29 is 4.79 Å². The first-order valence-electron chi connectivity index (χ1n) is 7.99. The molecule has 2 nitrogen and oxygen atoms in total. The highest BCUT2D eigenvalue weighted by Crippen LogP contribution is 2.46. The number of benzene rings is 1. The van der Waals surface area contributed by atoms with Crippen LogP contribution in [0.2, 0.25) is 0 Å². The molecule has 0 saturated carbocycles. The van der Waals surface area contributed by atoms with Gasteiger partial charge in [0.2, 0.25) is 5.91 Å². The van der Waals surface area contributed by atoms with Gasteiger partial charge in [-0.2, -0.15) is 0 Å². The maximum Gasteiger partial charge on any atom is 0.221 e. The van der Waals surface area contributed by atoms with Gasteiger partial charge in [0.15, 0.2) is 0 Å². The summed E-state index contributed by atoms with van der Waals surface area (Å²) in [6.45, 7) is 4.50. The Bertz CT molecular complexity index is 508. The Kier molecular flexibility index (Phi) is 3.57. The Morgan fingerprint density at radius 2 is 2.10 bits per heavy atom. The fraction of sp³-hybridized carbons (Fsp3) is 0.611. The van der Waals surface area contributed by atoms with Gasteiger partial charge in [0.1, 0.15) is 0 Å². The van der Waals surface area contributed by atoms with Gasteiger partial charge in [0, 0.05) is 17.9 Å². The van der Waals surface area contributed by atoms with Crippen LogP contribution in [0.3, 0.4) is 0 Å². The maximum absolute atomic E-state index is 12.1. The van der Waals surface area contributed by atoms with E-state index >= 15 is 0 Å². The van der Waals surface area contributed by atoms with Gasteiger partial charge in [0.05, 0.1) is 0 Å². The van der Waals surface area contributed by atoms with Crippen LogP contribution in [0.15, 0.2) is 24.3 Å². The predicted octanol–water partition coefficient (Wildman–Crippen LogP) is 3.59. The molecule has 2 unspecified atom stereocenters. The second-order valence-corrected chi connectivity index (χ2v) is 6.95. The molecule has 1 heterocycles. The summed E-state index contributed by atoms with van der Waals surface area (Å²) in [5.41, 5.74) is 2.96. The maximum atomic E-state index is 12.1. The summed E-state index contributed by atoms with van der Waals surface area (Å²) in [4.78, 5) is 12.1. The number of fused-ring (bicyclic) bond motifs is 2. The fourth-order valence-corrected chi connectivity index (χ4v) is 4.21. The topological polar surface area (TPSA) is 29.1 Å². The first-order valence-corrected chi connectivity index (χ1v) is 7.99. The monoisotopic (exact) mass is 271 g/mol. The number of carbonyl (C=O) groups is 1. The lowest BCUT2D eigenvalue weighted by Gasteiger charge is -2.36. The van der Waals surface area contributed by atoms with E-state index in [0.717, 1.165) is 12.8 Å². The molecule has 1 aromatic rings. The second-order valence-electron chi connectivity index (χ2n) is 6.95. The van der Waals surface area contributed by atoms with E-state index in [9.17, 15) is 4.79 Å². The molecule has 1 fully saturated rings. The molecule has 3 rings (SSSR count). The molecular formula is C18H25NO. The van der Waals surface area contributed by atoms with Crippen molar-refractivity contribution in [1.82, 2.24) is 5.32 Å². The van der Waals surface area contributed by atoms with Crippen LogP contribution in [0.25, 0.3) is 0 Å². The summed E-state index contributed by atoms with van der Waals surface area (Å²) in [6, 6.07) is 9.13. The van der Waals surface area contributed by atoms with Crippen molar-refractivity contribution in [3.8, 4) is 0 Å². The number of rotatable bonds is 2. The van der Waals surface area contributed by atoms with Crippen LogP contribution in [-0.2, 0) is 16.6 Å². The third kappa shape index (κ3) is 2.25. The molecule has 1 aliphatic heterocycles. The quantitative estimate of drug-likeness (QED) is 0.875. The lowest BCUT2D eigenvalue weighted by Crippen LogP contribution is -2.41. The highest BCUT2D eigenvalue weighted by atomic mass is 16.2. The van der Waals surface area contributed by atoms with Gasteiger partial charge in [-0.05, 0) is 42.7 Å². The van der Waals surface area contributed by atoms with E-state index < -0.39 is 0 Å². The Morgan fingerprint density at radius 3 is 2.90 bits per heavy atom. The average molecular weight is 271 g/mol. The Labute approximate surface area is 122 Å². The van der Waals surface area contributed by atoms with Crippen molar-refractivity contribution in [2.24, 2.45) is 5.92 Å². The molecule has 108 valence electrons. The molecule has 2 aliphatic rings. The van der Waals surface area contributed by atoms with Crippen LogP contribution in [0.1, 0.15) is 57.1 Å². The largest absolute Gasteiger partial charge is 0.352 e. The van der Waals surface area contributed by atoms with E-state index in [1.807, 2.05) is 0 Å². The summed E-state index contributed by atoms with van der Waals surface area (Å²) >= 11 is 0. The SMILES string of the molecule is CC(C)CC1NC(=O)CC12CCCCc1ccccc12. The minimum absolute atomic E-state index is 0.0500. The van der Waals surface area contributed by atoms with Crippen LogP contribution in [-0.4, -0.2) is 11.9 Å². The normalized spacial score (nSPS) is 29.4. The van der Waals surface area contributed by atoms with Gasteiger partial charge in [-0.15, -0.1) is 0 Å². The van der Waals surface area contributed by atoms with Gasteiger partial charge in [-0.3, -0.25) is 4.79 Å². The molecule has 20 heavy (non-hydrogen) atoms. The van der Waals surface area contributed by atoms with Crippen molar-refractivity contribution >= 4 is 5.91 Å². The van der Waals surface area contributed by atoms with Crippen LogP contribution in [0.4, 0.5) is 0 Å². The minimum atomic E-state index is 0.0500. The number of hydrogen-bond acceptors (Lipinski definition) is 1. The van der Waals surface area contributed by atoms with Crippen LogP contribution >= 0.6 is 0 Å². The Hall–Kier alpha value is -1.31. The summed E-state index contributed by atoms with van der Waals surface area (Å²) in [5.74, 6) is 0.859. The van der Waals surface area contributed by atoms with E-state index in [-0.39, 0.29) is 11.3 Å². The highest BCUT2D eigenvalue weighted by molar-refractivity contribution is 5.82. The molecular weight excluding hydrogens is 246 g/mol. The predicted molar refractivity (Wildman–Crippen MR) is 81.7 cm³/mol. The number of aryl methyl sites for hydroxylation is 1. The van der Waals surface area contributed by atoms with Crippen molar-refractivity contribution in [2.45, 2.75) is 63.8 Å². The lowest BCUT2D eigenvalue weighted by molar-refractivity contribution is -0.119. The molecule has 0 aromatic heterocycles. The molecule has 1 saturated heterocycles. The van der Waals surface area contributed by atoms with Gasteiger partial charge >= 0.3 is 0 Å². The van der Waals surface area contributed by atoms with Crippen molar-refractivity contribution in [3.63, 3.8) is 0 Å². The summed E-state index contributed by atoms with van der Waals surface area (Å²) in [7, 11) is 0. The number of nitrogens with one attached hydrogen (secondary N) is 1. The van der Waals surface area contributed by atoms with E-state index in [0.29, 0.717) is 18.4 Å². The zero-order valence-electron chi connectivity index (χ0n) is 12.6. The van der Waals surface area contributed by atoms with Crippen LogP contribution in [0, 0.1) is 5.92 Å². The van der Waals surface area contributed by atoms with Gasteiger partial charge in [-0.25, -0.2) is 0 Å². The zero-order chi connectivity index (χ0) is 14.2. The molecule has 1 amide bonds. The molecule has 2 atom stereocenters. The zero-order valence-corrected chi connectivity index (χ0v) is 12.6. The number of hydrogen-bond donors (Lipinski definition) is 1. The molecule has 1 aliphatic carbocycles. The van der Waals surface area contributed by atoms with Crippen molar-refractivity contribution in [1.29, 1.82) is 0 Å². The smallest absolute Gasteiger partial charge is 0.221 e. The van der Waals surface area contributed by atoms with E-state index in [2.05, 4.69) is 43.4 Å². The van der Waals surface area contributed by atoms with Crippen LogP contribution in [0.5, 0.6) is 0 Å². The van der Waals surface area contributed by atoms with Crippen molar-refractivity contribution in [2.75, 3.05) is 0 Å². The Balaban J connectivity index is 2.06. The second kappa shape index (κ2) is 5.23. The molecule has 1 spiro atoms. The summed E-state index contributed by atoms with van der Waals surface area (Å²) in [6.07, 6.45) is 6.57. The highest BCUT2D eigenvalue weighted by Gasteiger charge is 2.48. The van der Waals surface area contributed by atoms with Gasteiger partial charge < -0.3 is 5.32 Å². The third-order valence-corrected chi connectivity index (χ3v) is 5.06. The molecule has 0 radical (unpaired) electrons. The molecule has 1 N–H and O–H groups in total.